The molecule has 0 aliphatic rings. The maximum Gasteiger partial charge on any atom is 0.248 e. The van der Waals surface area contributed by atoms with Crippen LogP contribution >= 0.6 is 0 Å². The highest BCUT2D eigenvalue weighted by Gasteiger charge is 2.18. The highest BCUT2D eigenvalue weighted by Crippen LogP contribution is 2.25. The van der Waals surface area contributed by atoms with Crippen LogP contribution in [0, 0.1) is 0 Å². The molecule has 88 valence electrons. The second-order valence-corrected chi connectivity index (χ2v) is 3.48. The van der Waals surface area contributed by atoms with Crippen LogP contribution in [0.25, 0.3) is 10.9 Å². The number of ketones is 1. The molecular weight excluding hydrogens is 226 g/mol. The number of carbonyl (C=O) groups is 1. The van der Waals surface area contributed by atoms with Crippen molar-refractivity contribution in [2.24, 2.45) is 0 Å². The summed E-state index contributed by atoms with van der Waals surface area (Å²) in [5.74, 6) is -1.09. The van der Waals surface area contributed by atoms with Gasteiger partial charge in [0.05, 0.1) is 5.52 Å². The summed E-state index contributed by atoms with van der Waals surface area (Å²) in [6.45, 7) is 0. The van der Waals surface area contributed by atoms with Crippen molar-refractivity contribution >= 4 is 16.7 Å². The number of phenolic OH excluding ortho intramolecular Hbond substituents is 1. The van der Waals surface area contributed by atoms with Crippen molar-refractivity contribution in [2.75, 3.05) is 0 Å². The SMILES string of the molecule is O=C(c1ccc(O)c2[nH]c(=O)ccc12)C(O)O. The number of Topliss-reactive ketones (excluding diaryl/α,β-unsaturated/α-hetero) is 1. The van der Waals surface area contributed by atoms with E-state index in [0.717, 1.165) is 0 Å². The molecule has 4 N–H and O–H groups in total. The lowest BCUT2D eigenvalue weighted by atomic mass is 10.0. The molecule has 1 aromatic carbocycles. The maximum atomic E-state index is 11.5. The number of fused-ring (bicyclic) bond motifs is 1. The minimum absolute atomic E-state index is 0.0176. The van der Waals surface area contributed by atoms with Gasteiger partial charge in [-0.05, 0) is 18.2 Å². The first-order chi connectivity index (χ1) is 8.00. The molecule has 0 saturated heterocycles. The van der Waals surface area contributed by atoms with Crippen LogP contribution in [0.5, 0.6) is 5.75 Å². The van der Waals surface area contributed by atoms with Crippen LogP contribution in [-0.2, 0) is 0 Å². The number of benzene rings is 1. The number of phenols is 1. The van der Waals surface area contributed by atoms with Crippen LogP contribution in [0.15, 0.2) is 29.1 Å². The Balaban J connectivity index is 2.79. The molecule has 0 radical (unpaired) electrons. The number of aliphatic hydroxyl groups excluding tert-OH is 1. The fourth-order valence-electron chi connectivity index (χ4n) is 1.59. The lowest BCUT2D eigenvalue weighted by molar-refractivity contribution is -0.0194. The normalized spacial score (nSPS) is 11.0. The lowest BCUT2D eigenvalue weighted by Gasteiger charge is -2.07. The third-order valence-corrected chi connectivity index (χ3v) is 2.37. The summed E-state index contributed by atoms with van der Waals surface area (Å²) in [7, 11) is 0. The first kappa shape index (κ1) is 11.3. The highest BCUT2D eigenvalue weighted by atomic mass is 16.5. The molecule has 1 aromatic heterocycles. The predicted octanol–water partition coefficient (Wildman–Crippen LogP) is -0.273. The van der Waals surface area contributed by atoms with Gasteiger partial charge in [0, 0.05) is 17.0 Å². The van der Waals surface area contributed by atoms with Crippen molar-refractivity contribution in [3.05, 3.63) is 40.2 Å². The topological polar surface area (TPSA) is 111 Å². The van der Waals surface area contributed by atoms with E-state index in [1.807, 2.05) is 0 Å². The minimum atomic E-state index is -2.13. The molecule has 0 aliphatic heterocycles. The number of rotatable bonds is 2. The molecule has 0 fully saturated rings. The number of hydrogen-bond donors (Lipinski definition) is 4. The van der Waals surface area contributed by atoms with Gasteiger partial charge in [-0.2, -0.15) is 0 Å². The van der Waals surface area contributed by atoms with E-state index in [0.29, 0.717) is 0 Å². The van der Waals surface area contributed by atoms with Gasteiger partial charge in [-0.3, -0.25) is 9.59 Å². The molecule has 2 rings (SSSR count). The van der Waals surface area contributed by atoms with E-state index < -0.39 is 17.6 Å². The first-order valence-electron chi connectivity index (χ1n) is 4.76. The van der Waals surface area contributed by atoms with E-state index in [9.17, 15) is 14.7 Å². The number of nitrogens with one attached hydrogen (secondary N) is 1. The van der Waals surface area contributed by atoms with Gasteiger partial charge in [0.2, 0.25) is 17.6 Å². The Morgan fingerprint density at radius 1 is 1.18 bits per heavy atom. The average molecular weight is 235 g/mol. The highest BCUT2D eigenvalue weighted by molar-refractivity contribution is 6.09. The second-order valence-electron chi connectivity index (χ2n) is 3.48. The van der Waals surface area contributed by atoms with E-state index in [1.54, 1.807) is 0 Å². The van der Waals surface area contributed by atoms with Crippen LogP contribution in [0.2, 0.25) is 0 Å². The standard InChI is InChI=1S/C11H9NO5/c13-7-3-1-6(10(15)11(16)17)5-2-4-8(14)12-9(5)7/h1-4,11,13,16-17H,(H,12,14). The zero-order valence-corrected chi connectivity index (χ0v) is 8.54. The number of hydrogen-bond acceptors (Lipinski definition) is 5. The smallest absolute Gasteiger partial charge is 0.248 e. The van der Waals surface area contributed by atoms with E-state index in [4.69, 9.17) is 10.2 Å². The third kappa shape index (κ3) is 1.91. The van der Waals surface area contributed by atoms with Crippen molar-refractivity contribution in [3.63, 3.8) is 0 Å². The van der Waals surface area contributed by atoms with E-state index in [-0.39, 0.29) is 22.2 Å². The molecule has 0 saturated carbocycles. The van der Waals surface area contributed by atoms with Crippen LogP contribution < -0.4 is 5.56 Å². The summed E-state index contributed by atoms with van der Waals surface area (Å²) < 4.78 is 0. The van der Waals surface area contributed by atoms with Crippen LogP contribution in [0.4, 0.5) is 0 Å². The molecule has 6 heteroatoms. The number of carbonyl (C=O) groups excluding carboxylic acids is 1. The number of aliphatic hydroxyl groups is 2. The van der Waals surface area contributed by atoms with Gasteiger partial charge in [-0.25, -0.2) is 0 Å². The van der Waals surface area contributed by atoms with E-state index >= 15 is 0 Å². The molecule has 2 aromatic rings. The van der Waals surface area contributed by atoms with Crippen molar-refractivity contribution in [1.29, 1.82) is 0 Å². The molecule has 0 bridgehead atoms. The number of aromatic nitrogens is 1. The van der Waals surface area contributed by atoms with Gasteiger partial charge < -0.3 is 20.3 Å². The Kier molecular flexibility index (Phi) is 2.66. The molecular formula is C11H9NO5. The summed E-state index contributed by atoms with van der Waals surface area (Å²) in [4.78, 5) is 25.0. The van der Waals surface area contributed by atoms with Gasteiger partial charge >= 0.3 is 0 Å². The fraction of sp³-hybridized carbons (Fsp3) is 0.0909. The number of aromatic hydroxyl groups is 1. The first-order valence-corrected chi connectivity index (χ1v) is 4.76. The van der Waals surface area contributed by atoms with E-state index in [2.05, 4.69) is 4.98 Å². The zero-order valence-electron chi connectivity index (χ0n) is 8.54. The monoisotopic (exact) mass is 235 g/mol. The Morgan fingerprint density at radius 3 is 2.53 bits per heavy atom. The van der Waals surface area contributed by atoms with E-state index in [1.165, 1.54) is 24.3 Å². The molecule has 1 heterocycles. The summed E-state index contributed by atoms with van der Waals surface area (Å²) in [5.41, 5.74) is -0.324. The Hall–Kier alpha value is -2.18. The molecule has 17 heavy (non-hydrogen) atoms. The number of pyridine rings is 1. The fourth-order valence-corrected chi connectivity index (χ4v) is 1.59. The summed E-state index contributed by atoms with van der Waals surface area (Å²) in [6.07, 6.45) is -2.13. The molecule has 0 aliphatic carbocycles. The summed E-state index contributed by atoms with van der Waals surface area (Å²) >= 11 is 0. The minimum Gasteiger partial charge on any atom is -0.506 e. The maximum absolute atomic E-state index is 11.5. The van der Waals surface area contributed by atoms with Crippen LogP contribution in [0.3, 0.4) is 0 Å². The van der Waals surface area contributed by atoms with Gasteiger partial charge in [0.1, 0.15) is 5.75 Å². The van der Waals surface area contributed by atoms with Crippen LogP contribution in [-0.4, -0.2) is 32.4 Å². The zero-order chi connectivity index (χ0) is 12.6. The predicted molar refractivity (Wildman–Crippen MR) is 58.8 cm³/mol. The Bertz CT molecular complexity index is 644. The lowest BCUT2D eigenvalue weighted by Crippen LogP contribution is -2.20. The third-order valence-electron chi connectivity index (χ3n) is 2.37. The van der Waals surface area contributed by atoms with Crippen molar-refractivity contribution < 1.29 is 20.1 Å². The number of H-pyrrole nitrogens is 1. The summed E-state index contributed by atoms with van der Waals surface area (Å²) in [6, 6.07) is 4.98. The number of aromatic amines is 1. The molecule has 0 amide bonds. The average Bonchev–Trinajstić information content (AvgIpc) is 2.29. The quantitative estimate of drug-likeness (QED) is 0.423. The van der Waals surface area contributed by atoms with Crippen molar-refractivity contribution in [3.8, 4) is 5.75 Å². The molecule has 0 unspecified atom stereocenters. The largest absolute Gasteiger partial charge is 0.506 e. The summed E-state index contributed by atoms with van der Waals surface area (Å²) in [5, 5.41) is 27.4. The van der Waals surface area contributed by atoms with Crippen molar-refractivity contribution in [2.45, 2.75) is 6.29 Å². The Morgan fingerprint density at radius 2 is 1.88 bits per heavy atom. The van der Waals surface area contributed by atoms with Gasteiger partial charge in [-0.15, -0.1) is 0 Å². The second kappa shape index (κ2) is 4.00. The molecule has 6 nitrogen and oxygen atoms in total. The van der Waals surface area contributed by atoms with Crippen LogP contribution in [0.1, 0.15) is 10.4 Å². The molecule has 0 atom stereocenters. The van der Waals surface area contributed by atoms with Gasteiger partial charge in [-0.1, -0.05) is 0 Å². The Labute approximate surface area is 94.8 Å². The van der Waals surface area contributed by atoms with Crippen molar-refractivity contribution in [1.82, 2.24) is 4.98 Å². The van der Waals surface area contributed by atoms with Gasteiger partial charge in [0.15, 0.2) is 0 Å². The van der Waals surface area contributed by atoms with Gasteiger partial charge in [0.25, 0.3) is 0 Å². The molecule has 0 spiro atoms.